The standard InChI is InChI=1S/C27H29N5O3.C2H6/c28-14-16(15-29-18-8-11-30-27(13-18)9-10-27)12-17-4-5-21-24-19(17)2-1-3-20(24)26(35)32(21)22-6-7-23(33)31-25(22)34;1-2/h1-5,14-15,18,22,30H,6-13,28H2,(H,31,33,34);1-2H3/b16-14-,29-15?;. The highest BCUT2D eigenvalue weighted by atomic mass is 16.2. The summed E-state index contributed by atoms with van der Waals surface area (Å²) in [7, 11) is 0. The number of carbonyl (C=O) groups excluding carboxylic acids is 3. The van der Waals surface area contributed by atoms with Crippen molar-refractivity contribution >= 4 is 40.4 Å². The first-order valence-corrected chi connectivity index (χ1v) is 13.4. The van der Waals surface area contributed by atoms with Gasteiger partial charge in [-0.05, 0) is 73.5 Å². The van der Waals surface area contributed by atoms with Crippen molar-refractivity contribution in [3.05, 3.63) is 53.2 Å². The molecule has 1 spiro atoms. The first-order valence-electron chi connectivity index (χ1n) is 13.4. The third-order valence-electron chi connectivity index (χ3n) is 7.86. The van der Waals surface area contributed by atoms with Gasteiger partial charge < -0.3 is 11.1 Å². The summed E-state index contributed by atoms with van der Waals surface area (Å²) in [4.78, 5) is 43.9. The summed E-state index contributed by atoms with van der Waals surface area (Å²) in [5.41, 5.74) is 9.60. The van der Waals surface area contributed by atoms with Crippen molar-refractivity contribution in [3.63, 3.8) is 0 Å². The van der Waals surface area contributed by atoms with Crippen LogP contribution in [0.25, 0.3) is 10.8 Å². The third-order valence-corrected chi connectivity index (χ3v) is 7.86. The summed E-state index contributed by atoms with van der Waals surface area (Å²) >= 11 is 0. The molecule has 2 aromatic rings. The van der Waals surface area contributed by atoms with Crippen LogP contribution < -0.4 is 21.3 Å². The predicted molar refractivity (Wildman–Crippen MR) is 146 cm³/mol. The van der Waals surface area contributed by atoms with Crippen molar-refractivity contribution in [2.24, 2.45) is 10.7 Å². The molecule has 2 atom stereocenters. The third kappa shape index (κ3) is 4.66. The molecule has 4 aliphatic rings. The highest BCUT2D eigenvalue weighted by Gasteiger charge is 2.45. The van der Waals surface area contributed by atoms with Crippen molar-refractivity contribution in [1.82, 2.24) is 10.6 Å². The van der Waals surface area contributed by atoms with E-state index in [1.165, 1.54) is 12.8 Å². The minimum Gasteiger partial charge on any atom is -0.404 e. The van der Waals surface area contributed by atoms with Crippen LogP contribution in [0, 0.1) is 0 Å². The van der Waals surface area contributed by atoms with Gasteiger partial charge in [-0.15, -0.1) is 0 Å². The highest BCUT2D eigenvalue weighted by molar-refractivity contribution is 6.27. The Morgan fingerprint density at radius 2 is 1.97 bits per heavy atom. The van der Waals surface area contributed by atoms with E-state index in [1.807, 2.05) is 44.3 Å². The van der Waals surface area contributed by atoms with Gasteiger partial charge in [0.2, 0.25) is 11.8 Å². The van der Waals surface area contributed by atoms with Crippen LogP contribution in [0.15, 0.2) is 47.1 Å². The molecule has 194 valence electrons. The second-order valence-electron chi connectivity index (χ2n) is 10.2. The maximum absolute atomic E-state index is 13.3. The van der Waals surface area contributed by atoms with Gasteiger partial charge in [0, 0.05) is 35.5 Å². The number of aliphatic imine (C=N–C) groups is 1. The summed E-state index contributed by atoms with van der Waals surface area (Å²) < 4.78 is 0. The Kier molecular flexibility index (Phi) is 6.86. The normalized spacial score (nSPS) is 24.4. The van der Waals surface area contributed by atoms with E-state index in [9.17, 15) is 14.4 Å². The number of benzene rings is 2. The molecule has 0 bridgehead atoms. The number of piperidine rings is 2. The summed E-state index contributed by atoms with van der Waals surface area (Å²) in [5, 5.41) is 7.81. The predicted octanol–water partition coefficient (Wildman–Crippen LogP) is 3.37. The van der Waals surface area contributed by atoms with Gasteiger partial charge in [0.25, 0.3) is 5.91 Å². The van der Waals surface area contributed by atoms with E-state index in [2.05, 4.69) is 10.6 Å². The van der Waals surface area contributed by atoms with Crippen LogP contribution in [0.1, 0.15) is 68.3 Å². The Morgan fingerprint density at radius 3 is 2.70 bits per heavy atom. The summed E-state index contributed by atoms with van der Waals surface area (Å²) in [5.74, 6) is -0.918. The average molecular weight is 502 g/mol. The van der Waals surface area contributed by atoms with E-state index in [0.29, 0.717) is 30.0 Å². The molecular weight excluding hydrogens is 466 g/mol. The van der Waals surface area contributed by atoms with Crippen LogP contribution in [-0.2, 0) is 16.0 Å². The van der Waals surface area contributed by atoms with E-state index in [-0.39, 0.29) is 18.2 Å². The van der Waals surface area contributed by atoms with Crippen LogP contribution in [0.4, 0.5) is 5.69 Å². The topological polar surface area (TPSA) is 117 Å². The molecule has 6 rings (SSSR count). The van der Waals surface area contributed by atoms with Gasteiger partial charge in [-0.25, -0.2) is 0 Å². The lowest BCUT2D eigenvalue weighted by molar-refractivity contribution is -0.134. The fourth-order valence-corrected chi connectivity index (χ4v) is 5.82. The van der Waals surface area contributed by atoms with Crippen molar-refractivity contribution in [1.29, 1.82) is 0 Å². The lowest BCUT2D eigenvalue weighted by Gasteiger charge is -2.30. The number of nitrogens with zero attached hydrogens (tertiary/aromatic N) is 2. The smallest absolute Gasteiger partial charge is 0.259 e. The second kappa shape index (κ2) is 10.1. The number of nitrogens with one attached hydrogen (secondary N) is 2. The number of anilines is 1. The number of carbonyl (C=O) groups is 3. The minimum atomic E-state index is -0.687. The molecular formula is C29H35N5O3. The van der Waals surface area contributed by atoms with E-state index in [4.69, 9.17) is 10.7 Å². The van der Waals surface area contributed by atoms with Crippen LogP contribution >= 0.6 is 0 Å². The summed E-state index contributed by atoms with van der Waals surface area (Å²) in [6, 6.07) is 9.23. The highest BCUT2D eigenvalue weighted by Crippen LogP contribution is 2.43. The molecule has 8 heteroatoms. The molecule has 3 aliphatic heterocycles. The maximum atomic E-state index is 13.3. The Labute approximate surface area is 217 Å². The molecule has 2 saturated heterocycles. The van der Waals surface area contributed by atoms with Gasteiger partial charge >= 0.3 is 0 Å². The lowest BCUT2D eigenvalue weighted by atomic mass is 9.96. The molecule has 1 saturated carbocycles. The number of hydrogen-bond donors (Lipinski definition) is 3. The lowest BCUT2D eigenvalue weighted by Crippen LogP contribution is -2.53. The molecule has 0 radical (unpaired) electrons. The number of hydrogen-bond acceptors (Lipinski definition) is 6. The summed E-state index contributed by atoms with van der Waals surface area (Å²) in [6.07, 6.45) is 9.28. The Morgan fingerprint density at radius 1 is 1.16 bits per heavy atom. The monoisotopic (exact) mass is 501 g/mol. The van der Waals surface area contributed by atoms with Crippen molar-refractivity contribution in [2.45, 2.75) is 76.4 Å². The number of imide groups is 1. The number of allylic oxidation sites excluding steroid dienone is 1. The van der Waals surface area contributed by atoms with Crippen molar-refractivity contribution < 1.29 is 14.4 Å². The Balaban J connectivity index is 0.00000137. The zero-order chi connectivity index (χ0) is 26.2. The molecule has 0 aromatic heterocycles. The Hall–Kier alpha value is -3.52. The molecule has 3 amide bonds. The van der Waals surface area contributed by atoms with Gasteiger partial charge in [0.1, 0.15) is 6.04 Å². The Bertz CT molecular complexity index is 1310. The first kappa shape index (κ1) is 25.1. The number of nitrogens with two attached hydrogens (primary N) is 1. The quantitative estimate of drug-likeness (QED) is 0.429. The zero-order valence-electron chi connectivity index (χ0n) is 21.5. The molecule has 2 unspecified atom stereocenters. The molecule has 3 heterocycles. The van der Waals surface area contributed by atoms with E-state index >= 15 is 0 Å². The molecule has 4 N–H and O–H groups in total. The molecule has 8 nitrogen and oxygen atoms in total. The largest absolute Gasteiger partial charge is 0.404 e. The molecule has 2 aromatic carbocycles. The van der Waals surface area contributed by atoms with Crippen molar-refractivity contribution in [2.75, 3.05) is 11.4 Å². The second-order valence-corrected chi connectivity index (χ2v) is 10.2. The van der Waals surface area contributed by atoms with Crippen LogP contribution in [-0.4, -0.2) is 48.1 Å². The van der Waals surface area contributed by atoms with Crippen molar-refractivity contribution in [3.8, 4) is 0 Å². The van der Waals surface area contributed by atoms with E-state index in [1.54, 1.807) is 17.2 Å². The maximum Gasteiger partial charge on any atom is 0.259 e. The van der Waals surface area contributed by atoms with E-state index in [0.717, 1.165) is 47.0 Å². The van der Waals surface area contributed by atoms with Crippen LogP contribution in [0.3, 0.4) is 0 Å². The van der Waals surface area contributed by atoms with Gasteiger partial charge in [-0.2, -0.15) is 0 Å². The fourth-order valence-electron chi connectivity index (χ4n) is 5.82. The van der Waals surface area contributed by atoms with Crippen LogP contribution in [0.2, 0.25) is 0 Å². The molecule has 3 fully saturated rings. The first-order chi connectivity index (χ1) is 18.0. The number of amides is 3. The van der Waals surface area contributed by atoms with Gasteiger partial charge in [-0.3, -0.25) is 29.6 Å². The molecule has 1 aliphatic carbocycles. The van der Waals surface area contributed by atoms with Crippen LogP contribution in [0.5, 0.6) is 0 Å². The average Bonchev–Trinajstić information content (AvgIpc) is 3.59. The fraction of sp³-hybridized carbons (Fsp3) is 0.448. The van der Waals surface area contributed by atoms with E-state index < -0.39 is 11.9 Å². The molecule has 37 heavy (non-hydrogen) atoms. The number of rotatable bonds is 5. The summed E-state index contributed by atoms with van der Waals surface area (Å²) in [6.45, 7) is 5.01. The minimum absolute atomic E-state index is 0.201. The van der Waals surface area contributed by atoms with Gasteiger partial charge in [0.15, 0.2) is 0 Å². The van der Waals surface area contributed by atoms with Gasteiger partial charge in [-0.1, -0.05) is 32.0 Å². The SMILES string of the molecule is CC.N/C=C(\C=NC1CCNC2(CC2)C1)Cc1ccc2c3c(cccc13)C(=O)N2C1CCC(=O)NC1=O. The zero-order valence-corrected chi connectivity index (χ0v) is 21.5. The van der Waals surface area contributed by atoms with Gasteiger partial charge in [0.05, 0.1) is 11.7 Å².